The van der Waals surface area contributed by atoms with E-state index in [0.29, 0.717) is 5.56 Å². The fourth-order valence-electron chi connectivity index (χ4n) is 1.66. The molecule has 1 aromatic carbocycles. The highest BCUT2D eigenvalue weighted by Crippen LogP contribution is 2.21. The van der Waals surface area contributed by atoms with Crippen molar-refractivity contribution in [3.05, 3.63) is 53.0 Å². The number of hydrogen-bond acceptors (Lipinski definition) is 3. The molecule has 0 atom stereocenters. The molecule has 0 radical (unpaired) electrons. The molecular formula is C14H14O4. The molecule has 0 aliphatic carbocycles. The number of carboxylic acids is 1. The fourth-order valence-corrected chi connectivity index (χ4v) is 1.66. The highest BCUT2D eigenvalue weighted by molar-refractivity contribution is 5.86. The summed E-state index contributed by atoms with van der Waals surface area (Å²) in [5, 5.41) is 8.90. The van der Waals surface area contributed by atoms with E-state index in [1.807, 2.05) is 32.0 Å². The van der Waals surface area contributed by atoms with Crippen molar-refractivity contribution in [2.45, 2.75) is 20.5 Å². The number of ether oxygens (including phenoxy) is 1. The zero-order chi connectivity index (χ0) is 13.1. The van der Waals surface area contributed by atoms with E-state index in [9.17, 15) is 4.79 Å². The molecule has 0 amide bonds. The zero-order valence-electron chi connectivity index (χ0n) is 10.3. The number of carbonyl (C=O) groups is 1. The Hall–Kier alpha value is -2.23. The Kier molecular flexibility index (Phi) is 3.37. The van der Waals surface area contributed by atoms with Gasteiger partial charge in [0.25, 0.3) is 0 Å². The van der Waals surface area contributed by atoms with Gasteiger partial charge >= 0.3 is 5.97 Å². The topological polar surface area (TPSA) is 59.7 Å². The van der Waals surface area contributed by atoms with Gasteiger partial charge in [-0.05, 0) is 37.1 Å². The molecule has 0 aliphatic rings. The van der Waals surface area contributed by atoms with Gasteiger partial charge in [-0.1, -0.05) is 12.1 Å². The van der Waals surface area contributed by atoms with E-state index >= 15 is 0 Å². The van der Waals surface area contributed by atoms with Gasteiger partial charge in [-0.3, -0.25) is 0 Å². The average molecular weight is 246 g/mol. The molecule has 94 valence electrons. The van der Waals surface area contributed by atoms with Crippen LogP contribution in [0.4, 0.5) is 0 Å². The minimum atomic E-state index is -1.08. The Bertz CT molecular complexity index is 569. The van der Waals surface area contributed by atoms with Crippen LogP contribution >= 0.6 is 0 Å². The van der Waals surface area contributed by atoms with Gasteiger partial charge in [0.05, 0.1) is 6.26 Å². The third-order valence-corrected chi connectivity index (χ3v) is 2.67. The first-order valence-electron chi connectivity index (χ1n) is 5.57. The Balaban J connectivity index is 2.14. The van der Waals surface area contributed by atoms with E-state index in [2.05, 4.69) is 0 Å². The molecule has 4 heteroatoms. The van der Waals surface area contributed by atoms with E-state index in [0.717, 1.165) is 16.9 Å². The SMILES string of the molecule is Cc1ccc(C)c(OCc2ccoc2C(=O)O)c1. The maximum atomic E-state index is 10.9. The van der Waals surface area contributed by atoms with Crippen LogP contribution in [0.25, 0.3) is 0 Å². The Labute approximate surface area is 105 Å². The molecule has 2 rings (SSSR count). The lowest BCUT2D eigenvalue weighted by molar-refractivity contribution is 0.0658. The Morgan fingerprint density at radius 1 is 1.33 bits per heavy atom. The molecule has 2 aromatic rings. The van der Waals surface area contributed by atoms with Crippen molar-refractivity contribution >= 4 is 5.97 Å². The van der Waals surface area contributed by atoms with Crippen molar-refractivity contribution in [3.8, 4) is 5.75 Å². The highest BCUT2D eigenvalue weighted by atomic mass is 16.5. The van der Waals surface area contributed by atoms with Gasteiger partial charge in [0.2, 0.25) is 5.76 Å². The Morgan fingerprint density at radius 2 is 2.11 bits per heavy atom. The third-order valence-electron chi connectivity index (χ3n) is 2.67. The molecule has 0 spiro atoms. The molecule has 0 saturated carbocycles. The standard InChI is InChI=1S/C14H14O4/c1-9-3-4-10(2)12(7-9)18-8-11-5-6-17-13(11)14(15)16/h3-7H,8H2,1-2H3,(H,15,16). The third kappa shape index (κ3) is 2.53. The van der Waals surface area contributed by atoms with E-state index in [4.69, 9.17) is 14.3 Å². The van der Waals surface area contributed by atoms with E-state index in [1.165, 1.54) is 6.26 Å². The van der Waals surface area contributed by atoms with Crippen LogP contribution < -0.4 is 4.74 Å². The maximum Gasteiger partial charge on any atom is 0.372 e. The van der Waals surface area contributed by atoms with Gasteiger partial charge in [0.15, 0.2) is 0 Å². The summed E-state index contributed by atoms with van der Waals surface area (Å²) < 4.78 is 10.5. The summed E-state index contributed by atoms with van der Waals surface area (Å²) in [6.45, 7) is 4.11. The van der Waals surface area contributed by atoms with Gasteiger partial charge < -0.3 is 14.3 Å². The molecule has 1 heterocycles. The fraction of sp³-hybridized carbons (Fsp3) is 0.214. The number of hydrogen-bond donors (Lipinski definition) is 1. The number of rotatable bonds is 4. The van der Waals surface area contributed by atoms with Gasteiger partial charge in [-0.25, -0.2) is 4.79 Å². The first kappa shape index (κ1) is 12.2. The predicted molar refractivity (Wildman–Crippen MR) is 65.9 cm³/mol. The van der Waals surface area contributed by atoms with E-state index < -0.39 is 5.97 Å². The van der Waals surface area contributed by atoms with Crippen LogP contribution in [0.3, 0.4) is 0 Å². The van der Waals surface area contributed by atoms with Crippen molar-refractivity contribution < 1.29 is 19.1 Å². The molecule has 1 N–H and O–H groups in total. The molecule has 0 bridgehead atoms. The van der Waals surface area contributed by atoms with Crippen molar-refractivity contribution in [2.24, 2.45) is 0 Å². The molecule has 18 heavy (non-hydrogen) atoms. The van der Waals surface area contributed by atoms with Crippen LogP contribution in [0.5, 0.6) is 5.75 Å². The number of benzene rings is 1. The zero-order valence-corrected chi connectivity index (χ0v) is 10.3. The number of carboxylic acid groups (broad SMARTS) is 1. The lowest BCUT2D eigenvalue weighted by atomic mass is 10.1. The monoisotopic (exact) mass is 246 g/mol. The second-order valence-electron chi connectivity index (χ2n) is 4.14. The lowest BCUT2D eigenvalue weighted by Crippen LogP contribution is -2.03. The van der Waals surface area contributed by atoms with E-state index in [1.54, 1.807) is 6.07 Å². The number of aryl methyl sites for hydroxylation is 2. The van der Waals surface area contributed by atoms with Gasteiger partial charge in [-0.2, -0.15) is 0 Å². The predicted octanol–water partition coefficient (Wildman–Crippen LogP) is 3.17. The summed E-state index contributed by atoms with van der Waals surface area (Å²) in [6.07, 6.45) is 1.35. The minimum absolute atomic E-state index is 0.0692. The van der Waals surface area contributed by atoms with Crippen molar-refractivity contribution in [1.82, 2.24) is 0 Å². The summed E-state index contributed by atoms with van der Waals surface area (Å²) >= 11 is 0. The first-order chi connectivity index (χ1) is 8.58. The number of furan rings is 1. The van der Waals surface area contributed by atoms with Crippen LogP contribution in [0.1, 0.15) is 27.2 Å². The summed E-state index contributed by atoms with van der Waals surface area (Å²) in [6, 6.07) is 7.51. The quantitative estimate of drug-likeness (QED) is 0.900. The first-order valence-corrected chi connectivity index (χ1v) is 5.57. The largest absolute Gasteiger partial charge is 0.488 e. The summed E-state index contributed by atoms with van der Waals surface area (Å²) in [7, 11) is 0. The maximum absolute atomic E-state index is 10.9. The molecule has 0 aliphatic heterocycles. The summed E-state index contributed by atoms with van der Waals surface area (Å²) in [4.78, 5) is 10.9. The molecule has 0 fully saturated rings. The van der Waals surface area contributed by atoms with Crippen molar-refractivity contribution in [1.29, 1.82) is 0 Å². The second kappa shape index (κ2) is 4.96. The lowest BCUT2D eigenvalue weighted by Gasteiger charge is -2.09. The normalized spacial score (nSPS) is 10.3. The summed E-state index contributed by atoms with van der Waals surface area (Å²) in [5.41, 5.74) is 2.64. The van der Waals surface area contributed by atoms with Gasteiger partial charge in [0.1, 0.15) is 12.4 Å². The Morgan fingerprint density at radius 3 is 2.83 bits per heavy atom. The molecule has 0 saturated heterocycles. The number of aromatic carboxylic acids is 1. The second-order valence-corrected chi connectivity index (χ2v) is 4.14. The molecule has 4 nitrogen and oxygen atoms in total. The summed E-state index contributed by atoms with van der Waals surface area (Å²) in [5.74, 6) is -0.396. The van der Waals surface area contributed by atoms with Crippen LogP contribution in [0, 0.1) is 13.8 Å². The van der Waals surface area contributed by atoms with Crippen LogP contribution in [-0.2, 0) is 6.61 Å². The molecular weight excluding hydrogens is 232 g/mol. The molecule has 1 aromatic heterocycles. The van der Waals surface area contributed by atoms with Crippen LogP contribution in [0.2, 0.25) is 0 Å². The van der Waals surface area contributed by atoms with E-state index in [-0.39, 0.29) is 12.4 Å². The van der Waals surface area contributed by atoms with Crippen LogP contribution in [-0.4, -0.2) is 11.1 Å². The minimum Gasteiger partial charge on any atom is -0.488 e. The smallest absolute Gasteiger partial charge is 0.372 e. The molecule has 0 unspecified atom stereocenters. The van der Waals surface area contributed by atoms with Crippen molar-refractivity contribution in [2.75, 3.05) is 0 Å². The van der Waals surface area contributed by atoms with Crippen molar-refractivity contribution in [3.63, 3.8) is 0 Å². The highest BCUT2D eigenvalue weighted by Gasteiger charge is 2.14. The van der Waals surface area contributed by atoms with Crippen LogP contribution in [0.15, 0.2) is 34.9 Å². The van der Waals surface area contributed by atoms with Gasteiger partial charge in [-0.15, -0.1) is 0 Å². The average Bonchev–Trinajstić information content (AvgIpc) is 2.79. The van der Waals surface area contributed by atoms with Gasteiger partial charge in [0, 0.05) is 5.56 Å².